The summed E-state index contributed by atoms with van der Waals surface area (Å²) in [7, 11) is 0. The van der Waals surface area contributed by atoms with E-state index in [1.165, 1.54) is 19.3 Å². The molecule has 1 atom stereocenters. The maximum atomic E-state index is 9.40. The summed E-state index contributed by atoms with van der Waals surface area (Å²) in [6.07, 6.45) is 3.68. The SMILES string of the molecule is Cc1cc(Cl)ccc1C(C#N)N1CCCCC1. The maximum absolute atomic E-state index is 9.40. The Bertz CT molecular complexity index is 430. The van der Waals surface area contributed by atoms with E-state index >= 15 is 0 Å². The molecule has 0 aliphatic carbocycles. The van der Waals surface area contributed by atoms with Crippen molar-refractivity contribution in [3.05, 3.63) is 34.3 Å². The predicted molar refractivity (Wildman–Crippen MR) is 70.0 cm³/mol. The summed E-state index contributed by atoms with van der Waals surface area (Å²) in [4.78, 5) is 2.28. The summed E-state index contributed by atoms with van der Waals surface area (Å²) in [5, 5.41) is 10.1. The molecule has 1 aliphatic rings. The van der Waals surface area contributed by atoms with Crippen LogP contribution in [0.25, 0.3) is 0 Å². The molecular weight excluding hydrogens is 232 g/mol. The Morgan fingerprint density at radius 1 is 1.29 bits per heavy atom. The highest BCUT2D eigenvalue weighted by molar-refractivity contribution is 6.30. The zero-order valence-electron chi connectivity index (χ0n) is 10.1. The van der Waals surface area contributed by atoms with E-state index in [1.54, 1.807) is 0 Å². The van der Waals surface area contributed by atoms with Gasteiger partial charge in [-0.25, -0.2) is 0 Å². The third-order valence-electron chi connectivity index (χ3n) is 3.40. The predicted octanol–water partition coefficient (Wildman–Crippen LogP) is 3.70. The molecule has 1 saturated heterocycles. The van der Waals surface area contributed by atoms with Crippen molar-refractivity contribution < 1.29 is 0 Å². The first kappa shape index (κ1) is 12.4. The van der Waals surface area contributed by atoms with Crippen LogP contribution in [-0.4, -0.2) is 18.0 Å². The van der Waals surface area contributed by atoms with Crippen LogP contribution in [0.4, 0.5) is 0 Å². The number of hydrogen-bond donors (Lipinski definition) is 0. The standard InChI is InChI=1S/C14H17ClN2/c1-11-9-12(15)5-6-13(11)14(10-16)17-7-3-2-4-8-17/h5-6,9,14H,2-4,7-8H2,1H3. The van der Waals surface area contributed by atoms with Gasteiger partial charge in [0.25, 0.3) is 0 Å². The Morgan fingerprint density at radius 2 is 2.00 bits per heavy atom. The molecule has 0 bridgehead atoms. The van der Waals surface area contributed by atoms with Crippen LogP contribution in [0.15, 0.2) is 18.2 Å². The fraction of sp³-hybridized carbons (Fsp3) is 0.500. The summed E-state index contributed by atoms with van der Waals surface area (Å²) in [5.41, 5.74) is 2.20. The van der Waals surface area contributed by atoms with E-state index in [-0.39, 0.29) is 6.04 Å². The van der Waals surface area contributed by atoms with Crippen molar-refractivity contribution in [2.24, 2.45) is 0 Å². The van der Waals surface area contributed by atoms with Gasteiger partial charge < -0.3 is 0 Å². The highest BCUT2D eigenvalue weighted by Crippen LogP contribution is 2.27. The molecule has 1 heterocycles. The number of hydrogen-bond acceptors (Lipinski definition) is 2. The number of nitriles is 1. The zero-order chi connectivity index (χ0) is 12.3. The first-order chi connectivity index (χ1) is 8.22. The van der Waals surface area contributed by atoms with Crippen molar-refractivity contribution in [3.63, 3.8) is 0 Å². The molecule has 0 saturated carbocycles. The van der Waals surface area contributed by atoms with Crippen molar-refractivity contribution in [1.82, 2.24) is 4.90 Å². The number of benzene rings is 1. The molecule has 0 radical (unpaired) electrons. The number of nitrogens with zero attached hydrogens (tertiary/aromatic N) is 2. The molecule has 1 aromatic rings. The van der Waals surface area contributed by atoms with Crippen LogP contribution in [0.1, 0.15) is 36.4 Å². The fourth-order valence-corrected chi connectivity index (χ4v) is 2.70. The van der Waals surface area contributed by atoms with E-state index in [0.717, 1.165) is 29.2 Å². The van der Waals surface area contributed by atoms with Crippen LogP contribution < -0.4 is 0 Å². The first-order valence-electron chi connectivity index (χ1n) is 6.12. The molecule has 0 spiro atoms. The van der Waals surface area contributed by atoms with Gasteiger partial charge in [-0.1, -0.05) is 24.1 Å². The Kier molecular flexibility index (Phi) is 4.04. The normalized spacial score (nSPS) is 18.6. The third-order valence-corrected chi connectivity index (χ3v) is 3.64. The molecule has 1 unspecified atom stereocenters. The summed E-state index contributed by atoms with van der Waals surface area (Å²) in [6.45, 7) is 4.08. The Hall–Kier alpha value is -1.04. The van der Waals surface area contributed by atoms with Gasteiger partial charge in [-0.3, -0.25) is 4.90 Å². The minimum atomic E-state index is -0.118. The van der Waals surface area contributed by atoms with E-state index in [0.29, 0.717) is 0 Å². The molecule has 0 amide bonds. The molecule has 1 fully saturated rings. The van der Waals surface area contributed by atoms with Crippen molar-refractivity contribution in [3.8, 4) is 6.07 Å². The summed E-state index contributed by atoms with van der Waals surface area (Å²) >= 11 is 5.95. The van der Waals surface area contributed by atoms with Gasteiger partial charge in [0, 0.05) is 5.02 Å². The largest absolute Gasteiger partial charge is 0.284 e. The van der Waals surface area contributed by atoms with Crippen molar-refractivity contribution in [2.75, 3.05) is 13.1 Å². The lowest BCUT2D eigenvalue weighted by molar-refractivity contribution is 0.195. The van der Waals surface area contributed by atoms with Gasteiger partial charge in [0.1, 0.15) is 6.04 Å². The lowest BCUT2D eigenvalue weighted by Crippen LogP contribution is -2.33. The van der Waals surface area contributed by atoms with Crippen LogP contribution in [0.5, 0.6) is 0 Å². The topological polar surface area (TPSA) is 27.0 Å². The van der Waals surface area contributed by atoms with Crippen LogP contribution in [-0.2, 0) is 0 Å². The Morgan fingerprint density at radius 3 is 2.59 bits per heavy atom. The second kappa shape index (κ2) is 5.53. The Balaban J connectivity index is 2.25. The van der Waals surface area contributed by atoms with E-state index in [1.807, 2.05) is 25.1 Å². The fourth-order valence-electron chi connectivity index (χ4n) is 2.47. The molecular formula is C14H17ClN2. The van der Waals surface area contributed by atoms with Gasteiger partial charge in [0.2, 0.25) is 0 Å². The van der Waals surface area contributed by atoms with Crippen molar-refractivity contribution in [1.29, 1.82) is 5.26 Å². The number of halogens is 1. The highest BCUT2D eigenvalue weighted by atomic mass is 35.5. The molecule has 2 rings (SSSR count). The second-order valence-corrected chi connectivity index (χ2v) is 5.07. The van der Waals surface area contributed by atoms with Crippen LogP contribution in [0, 0.1) is 18.3 Å². The van der Waals surface area contributed by atoms with Gasteiger partial charge in [-0.05, 0) is 56.1 Å². The highest BCUT2D eigenvalue weighted by Gasteiger charge is 2.23. The van der Waals surface area contributed by atoms with Gasteiger partial charge in [-0.15, -0.1) is 0 Å². The minimum absolute atomic E-state index is 0.118. The monoisotopic (exact) mass is 248 g/mol. The van der Waals surface area contributed by atoms with Crippen LogP contribution >= 0.6 is 11.6 Å². The summed E-state index contributed by atoms with van der Waals surface area (Å²) in [6, 6.07) is 8.11. The molecule has 2 nitrogen and oxygen atoms in total. The number of rotatable bonds is 2. The quantitative estimate of drug-likeness (QED) is 0.798. The molecule has 3 heteroatoms. The molecule has 1 aromatic carbocycles. The zero-order valence-corrected chi connectivity index (χ0v) is 10.9. The number of piperidine rings is 1. The van der Waals surface area contributed by atoms with Crippen molar-refractivity contribution in [2.45, 2.75) is 32.2 Å². The van der Waals surface area contributed by atoms with Gasteiger partial charge in [0.15, 0.2) is 0 Å². The smallest absolute Gasteiger partial charge is 0.124 e. The van der Waals surface area contributed by atoms with Crippen LogP contribution in [0.3, 0.4) is 0 Å². The third kappa shape index (κ3) is 2.80. The Labute approximate surface area is 108 Å². The minimum Gasteiger partial charge on any atom is -0.284 e. The first-order valence-corrected chi connectivity index (χ1v) is 6.50. The van der Waals surface area contributed by atoms with E-state index in [9.17, 15) is 5.26 Å². The second-order valence-electron chi connectivity index (χ2n) is 4.63. The number of likely N-dealkylation sites (tertiary alicyclic amines) is 1. The molecule has 0 aromatic heterocycles. The van der Waals surface area contributed by atoms with Gasteiger partial charge >= 0.3 is 0 Å². The molecule has 90 valence electrons. The van der Waals surface area contributed by atoms with E-state index in [2.05, 4.69) is 11.0 Å². The van der Waals surface area contributed by atoms with Gasteiger partial charge in [0.05, 0.1) is 6.07 Å². The molecule has 1 aliphatic heterocycles. The average Bonchev–Trinajstić information content (AvgIpc) is 2.34. The summed E-state index contributed by atoms with van der Waals surface area (Å²) < 4.78 is 0. The number of aryl methyl sites for hydroxylation is 1. The molecule has 17 heavy (non-hydrogen) atoms. The van der Waals surface area contributed by atoms with E-state index in [4.69, 9.17) is 11.6 Å². The lowest BCUT2D eigenvalue weighted by atomic mass is 9.99. The maximum Gasteiger partial charge on any atom is 0.124 e. The van der Waals surface area contributed by atoms with Crippen LogP contribution in [0.2, 0.25) is 5.02 Å². The van der Waals surface area contributed by atoms with Gasteiger partial charge in [-0.2, -0.15) is 5.26 Å². The molecule has 0 N–H and O–H groups in total. The summed E-state index contributed by atoms with van der Waals surface area (Å²) in [5.74, 6) is 0. The lowest BCUT2D eigenvalue weighted by Gasteiger charge is -2.31. The van der Waals surface area contributed by atoms with E-state index < -0.39 is 0 Å². The average molecular weight is 249 g/mol. The van der Waals surface area contributed by atoms with Crippen molar-refractivity contribution >= 4 is 11.6 Å².